The zero-order chi connectivity index (χ0) is 24.0. The second kappa shape index (κ2) is 8.31. The van der Waals surface area contributed by atoms with E-state index >= 15 is 0 Å². The molecule has 1 atom stereocenters. The molecule has 0 bridgehead atoms. The highest BCUT2D eigenvalue weighted by molar-refractivity contribution is 5.88. The van der Waals surface area contributed by atoms with Crippen molar-refractivity contribution >= 4 is 12.0 Å². The van der Waals surface area contributed by atoms with E-state index in [2.05, 4.69) is 9.97 Å². The predicted octanol–water partition coefficient (Wildman–Crippen LogP) is 4.58. The second-order valence-electron chi connectivity index (χ2n) is 9.22. The van der Waals surface area contributed by atoms with Crippen LogP contribution >= 0.6 is 0 Å². The molecule has 7 nitrogen and oxygen atoms in total. The summed E-state index contributed by atoms with van der Waals surface area (Å²) in [5, 5.41) is 0. The lowest BCUT2D eigenvalue weighted by atomic mass is 10.1. The van der Waals surface area contributed by atoms with Crippen molar-refractivity contribution in [2.24, 2.45) is 0 Å². The number of rotatable bonds is 2. The van der Waals surface area contributed by atoms with E-state index in [1.165, 1.54) is 23.2 Å². The summed E-state index contributed by atoms with van der Waals surface area (Å²) in [4.78, 5) is 37.9. The predicted molar refractivity (Wildman–Crippen MR) is 113 cm³/mol. The second-order valence-corrected chi connectivity index (χ2v) is 9.22. The minimum Gasteiger partial charge on any atom is -0.444 e. The molecule has 2 aromatic rings. The van der Waals surface area contributed by atoms with E-state index in [1.807, 2.05) is 0 Å². The molecule has 0 N–H and O–H groups in total. The summed E-state index contributed by atoms with van der Waals surface area (Å²) in [6.07, 6.45) is -1.93. The van der Waals surface area contributed by atoms with Crippen LogP contribution < -0.4 is 0 Å². The van der Waals surface area contributed by atoms with Crippen LogP contribution in [0.3, 0.4) is 0 Å². The monoisotopic (exact) mass is 462 g/mol. The van der Waals surface area contributed by atoms with E-state index < -0.39 is 29.5 Å². The largest absolute Gasteiger partial charge is 0.444 e. The van der Waals surface area contributed by atoms with Gasteiger partial charge in [0.15, 0.2) is 5.82 Å². The third-order valence-corrected chi connectivity index (χ3v) is 5.55. The van der Waals surface area contributed by atoms with Crippen LogP contribution in [0.1, 0.15) is 56.5 Å². The fraction of sp³-hybridized carbons (Fsp3) is 0.478. The number of hydrogen-bond acceptors (Lipinski definition) is 5. The first-order valence-electron chi connectivity index (χ1n) is 10.8. The maximum absolute atomic E-state index is 13.3. The summed E-state index contributed by atoms with van der Waals surface area (Å²) in [6.45, 7) is 6.42. The van der Waals surface area contributed by atoms with Gasteiger partial charge in [-0.1, -0.05) is 12.1 Å². The molecule has 0 aliphatic carbocycles. The number of ether oxygens (including phenoxy) is 1. The standard InChI is InChI=1S/C23H25F3N4O3/c1-22(2,3)33-21(32)30-13-17-16(18(30)20(31)29-9-4-5-10-29)12-27-19(28-17)14-7-6-8-15(11-14)23(24,25)26/h6-8,11-12,18H,4-5,9-10,13H2,1-3H3/t18-/m1/s1. The van der Waals surface area contributed by atoms with E-state index in [0.717, 1.165) is 25.0 Å². The summed E-state index contributed by atoms with van der Waals surface area (Å²) >= 11 is 0. The Hall–Kier alpha value is -3.17. The molecule has 0 saturated carbocycles. The van der Waals surface area contributed by atoms with Crippen molar-refractivity contribution in [3.8, 4) is 11.4 Å². The summed E-state index contributed by atoms with van der Waals surface area (Å²) in [7, 11) is 0. The Morgan fingerprint density at radius 3 is 2.45 bits per heavy atom. The van der Waals surface area contributed by atoms with Crippen molar-refractivity contribution in [2.75, 3.05) is 13.1 Å². The molecule has 4 rings (SSSR count). The first kappa shape index (κ1) is 23.0. The first-order chi connectivity index (χ1) is 15.4. The minimum absolute atomic E-state index is 0.00295. The van der Waals surface area contributed by atoms with E-state index in [1.54, 1.807) is 25.7 Å². The Bertz CT molecular complexity index is 1080. The van der Waals surface area contributed by atoms with Gasteiger partial charge in [-0.25, -0.2) is 14.8 Å². The van der Waals surface area contributed by atoms with Crippen LogP contribution in [0.4, 0.5) is 18.0 Å². The molecule has 0 unspecified atom stereocenters. The molecule has 1 aromatic heterocycles. The number of alkyl halides is 3. The highest BCUT2D eigenvalue weighted by atomic mass is 19.4. The van der Waals surface area contributed by atoms with Crippen LogP contribution in [-0.2, 0) is 22.3 Å². The van der Waals surface area contributed by atoms with Crippen molar-refractivity contribution in [3.63, 3.8) is 0 Å². The van der Waals surface area contributed by atoms with Crippen molar-refractivity contribution < 1.29 is 27.5 Å². The van der Waals surface area contributed by atoms with Gasteiger partial charge in [-0.2, -0.15) is 13.2 Å². The van der Waals surface area contributed by atoms with Gasteiger partial charge in [0.05, 0.1) is 17.8 Å². The molecular weight excluding hydrogens is 437 g/mol. The fourth-order valence-corrected chi connectivity index (χ4v) is 4.04. The van der Waals surface area contributed by atoms with Crippen LogP contribution in [0.25, 0.3) is 11.4 Å². The van der Waals surface area contributed by atoms with Crippen LogP contribution in [0.2, 0.25) is 0 Å². The Labute approximate surface area is 189 Å². The number of amides is 2. The van der Waals surface area contributed by atoms with E-state index in [9.17, 15) is 22.8 Å². The average molecular weight is 462 g/mol. The van der Waals surface area contributed by atoms with Crippen molar-refractivity contribution in [1.82, 2.24) is 19.8 Å². The number of likely N-dealkylation sites (tertiary alicyclic amines) is 1. The van der Waals surface area contributed by atoms with Gasteiger partial charge < -0.3 is 9.64 Å². The third kappa shape index (κ3) is 4.79. The normalized spacial score (nSPS) is 18.4. The first-order valence-corrected chi connectivity index (χ1v) is 10.8. The van der Waals surface area contributed by atoms with Gasteiger partial charge >= 0.3 is 12.3 Å². The van der Waals surface area contributed by atoms with Gasteiger partial charge in [-0.3, -0.25) is 9.69 Å². The zero-order valence-corrected chi connectivity index (χ0v) is 18.6. The summed E-state index contributed by atoms with van der Waals surface area (Å²) in [6, 6.07) is 3.82. The van der Waals surface area contributed by atoms with Crippen LogP contribution in [0.5, 0.6) is 0 Å². The third-order valence-electron chi connectivity index (χ3n) is 5.55. The van der Waals surface area contributed by atoms with Gasteiger partial charge in [0.2, 0.25) is 5.91 Å². The molecular formula is C23H25F3N4O3. The van der Waals surface area contributed by atoms with E-state index in [0.29, 0.717) is 24.3 Å². The maximum Gasteiger partial charge on any atom is 0.416 e. The Morgan fingerprint density at radius 2 is 1.82 bits per heavy atom. The number of benzene rings is 1. The van der Waals surface area contributed by atoms with Gasteiger partial charge in [-0.15, -0.1) is 0 Å². The number of aromatic nitrogens is 2. The number of hydrogen-bond donors (Lipinski definition) is 0. The molecule has 0 radical (unpaired) electrons. The van der Waals surface area contributed by atoms with Gasteiger partial charge in [-0.05, 0) is 45.7 Å². The van der Waals surface area contributed by atoms with Crippen molar-refractivity contribution in [3.05, 3.63) is 47.3 Å². The molecule has 2 amide bonds. The molecule has 2 aliphatic rings. The van der Waals surface area contributed by atoms with Crippen molar-refractivity contribution in [1.29, 1.82) is 0 Å². The molecule has 2 aliphatic heterocycles. The minimum atomic E-state index is -4.49. The number of nitrogens with zero attached hydrogens (tertiary/aromatic N) is 4. The Balaban J connectivity index is 1.70. The number of carbonyl (C=O) groups excluding carboxylic acids is 2. The van der Waals surface area contributed by atoms with Gasteiger partial charge in [0.1, 0.15) is 11.6 Å². The van der Waals surface area contributed by atoms with Gasteiger partial charge in [0, 0.05) is 30.4 Å². The van der Waals surface area contributed by atoms with E-state index in [4.69, 9.17) is 4.74 Å². The van der Waals surface area contributed by atoms with E-state index in [-0.39, 0.29) is 23.8 Å². The van der Waals surface area contributed by atoms with Crippen molar-refractivity contribution in [2.45, 2.75) is 58.0 Å². The summed E-state index contributed by atoms with van der Waals surface area (Å²) < 4.78 is 44.9. The lowest BCUT2D eigenvalue weighted by Crippen LogP contribution is -2.43. The lowest BCUT2D eigenvalue weighted by Gasteiger charge is -2.30. The van der Waals surface area contributed by atoms with Crippen LogP contribution in [0.15, 0.2) is 30.5 Å². The molecule has 33 heavy (non-hydrogen) atoms. The molecule has 3 heterocycles. The van der Waals surface area contributed by atoms with Crippen LogP contribution in [-0.4, -0.2) is 50.5 Å². The SMILES string of the molecule is CC(C)(C)OC(=O)N1Cc2nc(-c3cccc(C(F)(F)F)c3)ncc2[C@@H]1C(=O)N1CCCC1. The molecule has 10 heteroatoms. The number of halogens is 3. The highest BCUT2D eigenvalue weighted by Gasteiger charge is 2.44. The fourth-order valence-electron chi connectivity index (χ4n) is 4.04. The quantitative estimate of drug-likeness (QED) is 0.653. The maximum atomic E-state index is 13.3. The lowest BCUT2D eigenvalue weighted by molar-refractivity contribution is -0.137. The number of carbonyl (C=O) groups is 2. The summed E-state index contributed by atoms with van der Waals surface area (Å²) in [5.41, 5.74) is -0.483. The topological polar surface area (TPSA) is 75.6 Å². The Kier molecular flexibility index (Phi) is 5.79. The van der Waals surface area contributed by atoms with Gasteiger partial charge in [0.25, 0.3) is 0 Å². The number of fused-ring (bicyclic) bond motifs is 1. The zero-order valence-electron chi connectivity index (χ0n) is 18.6. The van der Waals surface area contributed by atoms with Crippen LogP contribution in [0, 0.1) is 0 Å². The smallest absolute Gasteiger partial charge is 0.416 e. The molecule has 1 saturated heterocycles. The molecule has 1 fully saturated rings. The average Bonchev–Trinajstić information content (AvgIpc) is 3.39. The Morgan fingerprint density at radius 1 is 1.12 bits per heavy atom. The highest BCUT2D eigenvalue weighted by Crippen LogP contribution is 2.37. The summed E-state index contributed by atoms with van der Waals surface area (Å²) in [5.74, 6) is -0.134. The molecule has 1 aromatic carbocycles. The molecule has 176 valence electrons. The molecule has 0 spiro atoms.